The number of benzene rings is 4. The Morgan fingerprint density at radius 1 is 0.830 bits per heavy atom. The Balaban J connectivity index is 1.34. The molecule has 2 atom stereocenters. The second-order valence-corrected chi connectivity index (χ2v) is 12.4. The Morgan fingerprint density at radius 3 is 2.30 bits per heavy atom. The number of aromatic nitrogens is 2. The SMILES string of the molecule is Cc1noc(C(CNC(=O)[C@@H](Cc2ccc3ccccc3c2)NC(=O)c2cccc(CNC(=O)OC(C)(C)C)c2)c2ccccc2)n1. The fourth-order valence-electron chi connectivity index (χ4n) is 5.18. The van der Waals surface area contributed by atoms with Crippen molar-refractivity contribution in [2.75, 3.05) is 6.54 Å². The van der Waals surface area contributed by atoms with Crippen molar-refractivity contribution in [1.82, 2.24) is 26.1 Å². The molecule has 242 valence electrons. The summed E-state index contributed by atoms with van der Waals surface area (Å²) >= 11 is 0. The molecule has 1 aromatic heterocycles. The average molecular weight is 634 g/mol. The second kappa shape index (κ2) is 14.7. The van der Waals surface area contributed by atoms with Gasteiger partial charge in [-0.25, -0.2) is 4.79 Å². The van der Waals surface area contributed by atoms with Crippen LogP contribution in [0.3, 0.4) is 0 Å². The molecular formula is C37H39N5O5. The molecular weight excluding hydrogens is 594 g/mol. The number of aryl methyl sites for hydroxylation is 1. The molecule has 0 spiro atoms. The molecule has 47 heavy (non-hydrogen) atoms. The summed E-state index contributed by atoms with van der Waals surface area (Å²) in [7, 11) is 0. The van der Waals surface area contributed by atoms with Gasteiger partial charge in [-0.3, -0.25) is 9.59 Å². The number of alkyl carbamates (subject to hydrolysis) is 1. The van der Waals surface area contributed by atoms with Gasteiger partial charge in [-0.2, -0.15) is 4.98 Å². The summed E-state index contributed by atoms with van der Waals surface area (Å²) in [6.07, 6.45) is -0.290. The van der Waals surface area contributed by atoms with Gasteiger partial charge in [0.1, 0.15) is 11.6 Å². The maximum atomic E-state index is 13.9. The van der Waals surface area contributed by atoms with Crippen molar-refractivity contribution in [3.8, 4) is 0 Å². The topological polar surface area (TPSA) is 135 Å². The summed E-state index contributed by atoms with van der Waals surface area (Å²) < 4.78 is 10.8. The number of carbonyl (C=O) groups is 3. The molecule has 0 aliphatic carbocycles. The summed E-state index contributed by atoms with van der Waals surface area (Å²) in [5.41, 5.74) is 2.24. The smallest absolute Gasteiger partial charge is 0.407 e. The lowest BCUT2D eigenvalue weighted by atomic mass is 9.98. The molecule has 0 aliphatic rings. The van der Waals surface area contributed by atoms with E-state index in [0.29, 0.717) is 22.8 Å². The molecule has 3 N–H and O–H groups in total. The van der Waals surface area contributed by atoms with E-state index >= 15 is 0 Å². The normalized spacial score (nSPS) is 12.6. The average Bonchev–Trinajstić information content (AvgIpc) is 3.48. The van der Waals surface area contributed by atoms with Crippen molar-refractivity contribution in [3.63, 3.8) is 0 Å². The fraction of sp³-hybridized carbons (Fsp3) is 0.270. The van der Waals surface area contributed by atoms with E-state index in [1.165, 1.54) is 0 Å². The standard InChI is InChI=1S/C37H39N5O5/c1-24-40-35(47-42-24)31(28-13-6-5-7-14-28)23-38-34(44)32(21-25-17-18-27-12-8-9-15-29(27)19-25)41-33(43)30-16-10-11-26(20-30)22-39-36(45)46-37(2,3)4/h5-20,31-32H,21-23H2,1-4H3,(H,38,44)(H,39,45)(H,41,43)/t31?,32-/m1/s1. The first-order valence-electron chi connectivity index (χ1n) is 15.5. The minimum atomic E-state index is -0.895. The van der Waals surface area contributed by atoms with Gasteiger partial charge in [-0.15, -0.1) is 0 Å². The summed E-state index contributed by atoms with van der Waals surface area (Å²) in [5, 5.41) is 14.7. The lowest BCUT2D eigenvalue weighted by molar-refractivity contribution is -0.123. The van der Waals surface area contributed by atoms with Gasteiger partial charge in [0.05, 0.1) is 5.92 Å². The number of amides is 3. The molecule has 10 nitrogen and oxygen atoms in total. The van der Waals surface area contributed by atoms with E-state index < -0.39 is 23.6 Å². The highest BCUT2D eigenvalue weighted by atomic mass is 16.6. The van der Waals surface area contributed by atoms with Crippen LogP contribution in [0, 0.1) is 6.92 Å². The van der Waals surface area contributed by atoms with Crippen LogP contribution in [0.4, 0.5) is 4.79 Å². The predicted molar refractivity (Wildman–Crippen MR) is 179 cm³/mol. The maximum Gasteiger partial charge on any atom is 0.407 e. The van der Waals surface area contributed by atoms with E-state index in [2.05, 4.69) is 26.1 Å². The molecule has 0 bridgehead atoms. The van der Waals surface area contributed by atoms with Crippen molar-refractivity contribution >= 4 is 28.7 Å². The first-order valence-corrected chi connectivity index (χ1v) is 15.5. The quantitative estimate of drug-likeness (QED) is 0.166. The second-order valence-electron chi connectivity index (χ2n) is 12.4. The number of nitrogens with one attached hydrogen (secondary N) is 3. The summed E-state index contributed by atoms with van der Waals surface area (Å²) in [4.78, 5) is 44.0. The minimum Gasteiger partial charge on any atom is -0.444 e. The molecule has 5 aromatic rings. The highest BCUT2D eigenvalue weighted by Crippen LogP contribution is 2.23. The van der Waals surface area contributed by atoms with Crippen LogP contribution >= 0.6 is 0 Å². The van der Waals surface area contributed by atoms with Crippen LogP contribution < -0.4 is 16.0 Å². The van der Waals surface area contributed by atoms with Gasteiger partial charge < -0.3 is 25.2 Å². The highest BCUT2D eigenvalue weighted by molar-refractivity contribution is 5.98. The molecule has 3 amide bonds. The lowest BCUT2D eigenvalue weighted by Gasteiger charge is -2.21. The van der Waals surface area contributed by atoms with Crippen LogP contribution in [-0.4, -0.2) is 46.2 Å². The molecule has 5 rings (SSSR count). The minimum absolute atomic E-state index is 0.174. The zero-order valence-electron chi connectivity index (χ0n) is 26.9. The van der Waals surface area contributed by atoms with Crippen molar-refractivity contribution < 1.29 is 23.6 Å². The van der Waals surface area contributed by atoms with E-state index in [0.717, 1.165) is 21.9 Å². The maximum absolute atomic E-state index is 13.9. The van der Waals surface area contributed by atoms with E-state index in [-0.39, 0.29) is 31.3 Å². The monoisotopic (exact) mass is 633 g/mol. The first-order chi connectivity index (χ1) is 22.5. The Labute approximate surface area is 273 Å². The third-order valence-corrected chi connectivity index (χ3v) is 7.42. The van der Waals surface area contributed by atoms with Crippen LogP contribution in [0.1, 0.15) is 65.5 Å². The molecule has 0 aliphatic heterocycles. The van der Waals surface area contributed by atoms with Gasteiger partial charge >= 0.3 is 6.09 Å². The number of ether oxygens (including phenoxy) is 1. The van der Waals surface area contributed by atoms with Crippen molar-refractivity contribution in [1.29, 1.82) is 0 Å². The van der Waals surface area contributed by atoms with Crippen LogP contribution in [0.5, 0.6) is 0 Å². The van der Waals surface area contributed by atoms with E-state index in [4.69, 9.17) is 9.26 Å². The van der Waals surface area contributed by atoms with Gasteiger partial charge in [0.25, 0.3) is 5.91 Å². The molecule has 10 heteroatoms. The summed E-state index contributed by atoms with van der Waals surface area (Å²) in [6, 6.07) is 29.6. The zero-order chi connectivity index (χ0) is 33.4. The molecule has 0 saturated carbocycles. The van der Waals surface area contributed by atoms with Crippen molar-refractivity contribution in [2.45, 2.75) is 58.2 Å². The van der Waals surface area contributed by atoms with E-state index in [1.54, 1.807) is 52.0 Å². The largest absolute Gasteiger partial charge is 0.444 e. The van der Waals surface area contributed by atoms with Gasteiger partial charge in [-0.1, -0.05) is 90.1 Å². The van der Waals surface area contributed by atoms with Gasteiger partial charge in [0, 0.05) is 25.1 Å². The molecule has 1 unspecified atom stereocenters. The summed E-state index contributed by atoms with van der Waals surface area (Å²) in [5.74, 6) is -0.269. The number of rotatable bonds is 11. The summed E-state index contributed by atoms with van der Waals surface area (Å²) in [6.45, 7) is 7.46. The van der Waals surface area contributed by atoms with Crippen molar-refractivity contribution in [3.05, 3.63) is 131 Å². The number of hydrogen-bond donors (Lipinski definition) is 3. The highest BCUT2D eigenvalue weighted by Gasteiger charge is 2.26. The van der Waals surface area contributed by atoms with Gasteiger partial charge in [0.15, 0.2) is 5.82 Å². The lowest BCUT2D eigenvalue weighted by Crippen LogP contribution is -2.49. The number of carbonyl (C=O) groups excluding carboxylic acids is 3. The van der Waals surface area contributed by atoms with Gasteiger partial charge in [-0.05, 0) is 67.3 Å². The van der Waals surface area contributed by atoms with Crippen LogP contribution in [0.2, 0.25) is 0 Å². The van der Waals surface area contributed by atoms with E-state index in [9.17, 15) is 14.4 Å². The fourth-order valence-corrected chi connectivity index (χ4v) is 5.18. The van der Waals surface area contributed by atoms with Crippen LogP contribution in [-0.2, 0) is 22.5 Å². The number of nitrogens with zero attached hydrogens (tertiary/aromatic N) is 2. The van der Waals surface area contributed by atoms with Crippen molar-refractivity contribution in [2.24, 2.45) is 0 Å². The Kier molecular flexibility index (Phi) is 10.3. The molecule has 1 heterocycles. The number of fused-ring (bicyclic) bond motifs is 1. The molecule has 0 fully saturated rings. The molecule has 0 radical (unpaired) electrons. The third-order valence-electron chi connectivity index (χ3n) is 7.42. The molecule has 4 aromatic carbocycles. The zero-order valence-corrected chi connectivity index (χ0v) is 26.9. The molecule has 0 saturated heterocycles. The Bertz CT molecular complexity index is 1850. The first kappa shape index (κ1) is 32.9. The third kappa shape index (κ3) is 9.26. The Hall–Kier alpha value is -5.51. The number of hydrogen-bond acceptors (Lipinski definition) is 7. The van der Waals surface area contributed by atoms with Crippen LogP contribution in [0.15, 0.2) is 102 Å². The Morgan fingerprint density at radius 2 is 1.57 bits per heavy atom. The van der Waals surface area contributed by atoms with E-state index in [1.807, 2.05) is 72.8 Å². The van der Waals surface area contributed by atoms with Crippen LogP contribution in [0.25, 0.3) is 10.8 Å². The van der Waals surface area contributed by atoms with Gasteiger partial charge in [0.2, 0.25) is 11.8 Å². The predicted octanol–water partition coefficient (Wildman–Crippen LogP) is 5.85.